The van der Waals surface area contributed by atoms with Crippen molar-refractivity contribution in [3.8, 4) is 0 Å². The number of allylic oxidation sites excluding steroid dienone is 2. The summed E-state index contributed by atoms with van der Waals surface area (Å²) >= 11 is 0. The van der Waals surface area contributed by atoms with Crippen molar-refractivity contribution in [1.29, 1.82) is 0 Å². The minimum Gasteiger partial charge on any atom is -0.432 e. The molecule has 6 aliphatic heterocycles. The van der Waals surface area contributed by atoms with Crippen LogP contribution in [0.15, 0.2) is 11.6 Å². The Morgan fingerprint density at radius 2 is 1.09 bits per heavy atom. The zero-order valence-electron chi connectivity index (χ0n) is 54.4. The predicted octanol–water partition coefficient (Wildman–Crippen LogP) is -3.05. The Bertz CT molecular complexity index is 2620. The number of carbonyl (C=O) groups excluding carboxylic acids is 1. The molecule has 0 radical (unpaired) electrons. The number of aliphatic hydroxyl groups excluding tert-OH is 16. The molecule has 6 heterocycles. The number of hydrogen-bond donors (Lipinski definition) is 16. The molecule has 16 N–H and O–H groups in total. The summed E-state index contributed by atoms with van der Waals surface area (Å²) in [6.07, 6.45) is -35.6. The van der Waals surface area contributed by atoms with Crippen molar-refractivity contribution in [2.45, 2.75) is 305 Å². The first kappa shape index (κ1) is 72.4. The van der Waals surface area contributed by atoms with E-state index in [-0.39, 0.29) is 52.6 Å². The zero-order valence-corrected chi connectivity index (χ0v) is 54.4. The number of hydrogen-bond acceptors (Lipinski definition) is 29. The topological polar surface area (TPSA) is 452 Å². The molecule has 11 rings (SSSR count). The SMILES string of the molecule is C[C@@H]1O[C@@H](O[C@H]2[C@H](O[C@H]3CC[C@]4(C)[C@H]5CC=C6[C@@H]7CC(C)(C)CC[C@]7(C(=O)O[C@@H]7O[C@H](CO[C@@H]8O[C@H](CO)[C@@H](O[C@@H]9O[C@@H](C)[C@H](O)[C@@H](O)[C@H]9O)[C@H](O)[C@H]8O)[C@@H](O)[C@H](O)[C@H]7O)CC[C@@]6(C)[C@]5(C)CC[C@H]4C3(C)C)OC[C@H](O[C@@H]3OC[C@H](O)[C@H](O)[C@H]3O)[C@@H]2O)[C@H](O)[C@H](O)[C@H]1O. The quantitative estimate of drug-likeness (QED) is 0.0467. The van der Waals surface area contributed by atoms with Crippen molar-refractivity contribution >= 4 is 5.97 Å². The third-order valence-corrected chi connectivity index (χ3v) is 24.8. The van der Waals surface area contributed by atoms with Crippen molar-refractivity contribution in [3.63, 3.8) is 0 Å². The molecule has 0 bridgehead atoms. The van der Waals surface area contributed by atoms with E-state index >= 15 is 4.79 Å². The van der Waals surface area contributed by atoms with Crippen LogP contribution >= 0.6 is 0 Å². The van der Waals surface area contributed by atoms with Crippen LogP contribution in [0.3, 0.4) is 0 Å². The first-order chi connectivity index (χ1) is 43.5. The fraction of sp³-hybridized carbons (Fsp3) is 0.953. The maximum Gasteiger partial charge on any atom is 0.315 e. The van der Waals surface area contributed by atoms with Crippen LogP contribution in [0.25, 0.3) is 0 Å². The number of fused-ring (bicyclic) bond motifs is 7. The highest BCUT2D eigenvalue weighted by Gasteiger charge is 2.70. The summed E-state index contributed by atoms with van der Waals surface area (Å²) in [5, 5.41) is 173. The van der Waals surface area contributed by atoms with E-state index in [0.29, 0.717) is 38.5 Å². The summed E-state index contributed by atoms with van der Waals surface area (Å²) in [5.41, 5.74) is -1.47. The van der Waals surface area contributed by atoms with Crippen LogP contribution in [0.1, 0.15) is 127 Å². The van der Waals surface area contributed by atoms with Crippen molar-refractivity contribution in [2.75, 3.05) is 26.4 Å². The molecule has 4 saturated carbocycles. The van der Waals surface area contributed by atoms with Gasteiger partial charge < -0.3 is 139 Å². The molecule has 5 aliphatic carbocycles. The Balaban J connectivity index is 0.777. The van der Waals surface area contributed by atoms with Crippen LogP contribution in [-0.4, -0.2) is 292 Å². The van der Waals surface area contributed by atoms with Gasteiger partial charge in [0.25, 0.3) is 0 Å². The van der Waals surface area contributed by atoms with E-state index in [0.717, 1.165) is 25.7 Å². The first-order valence-corrected chi connectivity index (χ1v) is 33.4. The summed E-state index contributed by atoms with van der Waals surface area (Å²) in [6, 6.07) is 0. The molecule has 6 saturated heterocycles. The number of carbonyl (C=O) groups is 1. The van der Waals surface area contributed by atoms with Gasteiger partial charge in [0.15, 0.2) is 31.5 Å². The van der Waals surface area contributed by atoms with Gasteiger partial charge in [-0.15, -0.1) is 0 Å². The fourth-order valence-corrected chi connectivity index (χ4v) is 18.7. The Morgan fingerprint density at radius 1 is 0.516 bits per heavy atom. The van der Waals surface area contributed by atoms with Crippen LogP contribution in [-0.2, 0) is 61.6 Å². The maximum absolute atomic E-state index is 15.3. The van der Waals surface area contributed by atoms with Crippen molar-refractivity contribution < 1.29 is 143 Å². The minimum atomic E-state index is -1.91. The third-order valence-electron chi connectivity index (χ3n) is 24.8. The molecule has 0 aromatic heterocycles. The van der Waals surface area contributed by atoms with Crippen LogP contribution in [0.2, 0.25) is 0 Å². The first-order valence-electron chi connectivity index (χ1n) is 33.4. The van der Waals surface area contributed by atoms with Gasteiger partial charge in [-0.2, -0.15) is 0 Å². The van der Waals surface area contributed by atoms with E-state index in [1.54, 1.807) is 0 Å². The number of esters is 1. The number of ether oxygens (including phenoxy) is 12. The molecule has 29 heteroatoms. The number of rotatable bonds is 14. The van der Waals surface area contributed by atoms with E-state index in [1.807, 2.05) is 0 Å². The molecule has 534 valence electrons. The van der Waals surface area contributed by atoms with Crippen LogP contribution < -0.4 is 0 Å². The van der Waals surface area contributed by atoms with Crippen LogP contribution in [0.5, 0.6) is 0 Å². The molecule has 11 aliphatic rings. The van der Waals surface area contributed by atoms with Crippen LogP contribution in [0.4, 0.5) is 0 Å². The van der Waals surface area contributed by atoms with E-state index in [9.17, 15) is 81.7 Å². The summed E-state index contributed by atoms with van der Waals surface area (Å²) in [7, 11) is 0. The lowest BCUT2D eigenvalue weighted by atomic mass is 9.33. The van der Waals surface area contributed by atoms with Gasteiger partial charge in [0.2, 0.25) is 6.29 Å². The molecule has 29 nitrogen and oxygen atoms in total. The fourth-order valence-electron chi connectivity index (χ4n) is 18.7. The monoisotopic (exact) mass is 1340 g/mol. The summed E-state index contributed by atoms with van der Waals surface area (Å²) in [5.74, 6) is -0.635. The predicted molar refractivity (Wildman–Crippen MR) is 313 cm³/mol. The standard InChI is InChI=1S/C64H104O29/c1-25-36(67)41(72)46(77)54(85-25)91-50-30(21-65)87-53(49(80)44(50)75)83-23-31-39(70)43(74)48(79)56(89-31)93-58(81)64-18-16-59(3,4)20-28(64)27-10-11-34-61(7)14-13-35(60(5,6)33(61)12-15-63(34,9)62(27,8)17-19-64)90-57-51(92-55-47(78)42(73)37(68)26(2)86-55)40(71)32(24-84-57)88-52-45(76)38(69)29(66)22-82-52/h10,25-26,28-57,65-80H,11-24H2,1-9H3/t25-,26-,28-,29-,30+,31+,32-,33-,34+,35-,36-,37-,38-,39+,40-,41+,42+,43-,44+,45+,46+,47+,48+,49+,50+,51+,52-,53+,54-,55-,56-,57-,61-,62+,63+,64-/m0/s1. The summed E-state index contributed by atoms with van der Waals surface area (Å²) < 4.78 is 71.9. The molecule has 10 fully saturated rings. The highest BCUT2D eigenvalue weighted by Crippen LogP contribution is 2.76. The Hall–Kier alpha value is -1.87. The second kappa shape index (κ2) is 26.9. The van der Waals surface area contributed by atoms with Crippen molar-refractivity contribution in [2.24, 2.45) is 50.2 Å². The van der Waals surface area contributed by atoms with E-state index in [4.69, 9.17) is 56.8 Å². The van der Waals surface area contributed by atoms with E-state index < -0.39 is 208 Å². The van der Waals surface area contributed by atoms with Crippen LogP contribution in [0, 0.1) is 50.2 Å². The molecule has 0 amide bonds. The minimum absolute atomic E-state index is 0.0971. The average Bonchev–Trinajstić information content (AvgIpc) is 0.677. The molecule has 0 aromatic rings. The smallest absolute Gasteiger partial charge is 0.315 e. The third kappa shape index (κ3) is 12.6. The lowest BCUT2D eigenvalue weighted by molar-refractivity contribution is -0.377. The van der Waals surface area contributed by atoms with E-state index in [1.165, 1.54) is 19.4 Å². The zero-order chi connectivity index (χ0) is 67.7. The van der Waals surface area contributed by atoms with Gasteiger partial charge in [-0.1, -0.05) is 60.1 Å². The second-order valence-electron chi connectivity index (χ2n) is 31.0. The largest absolute Gasteiger partial charge is 0.432 e. The molecule has 0 spiro atoms. The van der Waals surface area contributed by atoms with Gasteiger partial charge in [0.05, 0.1) is 50.2 Å². The van der Waals surface area contributed by atoms with Crippen molar-refractivity contribution in [3.05, 3.63) is 11.6 Å². The molecule has 93 heavy (non-hydrogen) atoms. The Kier molecular flexibility index (Phi) is 20.9. The maximum atomic E-state index is 15.3. The summed E-state index contributed by atoms with van der Waals surface area (Å²) in [6.45, 7) is 16.7. The average molecular weight is 1340 g/mol. The van der Waals surface area contributed by atoms with Gasteiger partial charge in [-0.25, -0.2) is 0 Å². The second-order valence-corrected chi connectivity index (χ2v) is 31.0. The molecular weight excluding hydrogens is 1230 g/mol. The molecular formula is C64H104O29. The van der Waals surface area contributed by atoms with Crippen molar-refractivity contribution in [1.82, 2.24) is 0 Å². The normalized spacial score (nSPS) is 54.7. The Labute approximate surface area is 540 Å². The van der Waals surface area contributed by atoms with Gasteiger partial charge in [0, 0.05) is 0 Å². The van der Waals surface area contributed by atoms with Gasteiger partial charge in [0.1, 0.15) is 122 Å². The number of aliphatic hydroxyl groups is 16. The van der Waals surface area contributed by atoms with Gasteiger partial charge in [-0.05, 0) is 123 Å². The molecule has 0 unspecified atom stereocenters. The Morgan fingerprint density at radius 3 is 1.73 bits per heavy atom. The van der Waals surface area contributed by atoms with Gasteiger partial charge >= 0.3 is 5.97 Å². The van der Waals surface area contributed by atoms with Gasteiger partial charge in [-0.3, -0.25) is 4.79 Å². The summed E-state index contributed by atoms with van der Waals surface area (Å²) in [4.78, 5) is 15.3. The lowest BCUT2D eigenvalue weighted by Gasteiger charge is -2.71. The lowest BCUT2D eigenvalue weighted by Crippen LogP contribution is -2.66. The highest BCUT2D eigenvalue weighted by atomic mass is 16.8. The highest BCUT2D eigenvalue weighted by molar-refractivity contribution is 5.79. The molecule has 0 aromatic carbocycles. The molecule has 36 atom stereocenters. The van der Waals surface area contributed by atoms with E-state index in [2.05, 4.69) is 54.5 Å².